The Kier molecular flexibility index (Phi) is 3.23. The molecule has 0 aromatic rings. The highest BCUT2D eigenvalue weighted by atomic mass is 15.2. The molecule has 0 N–H and O–H groups in total. The quantitative estimate of drug-likeness (QED) is 0.639. The summed E-state index contributed by atoms with van der Waals surface area (Å²) in [5, 5.41) is 16.8. The maximum Gasteiger partial charge on any atom is 0.0413 e. The average molecular weight is 308 g/mol. The first kappa shape index (κ1) is 8.51. The summed E-state index contributed by atoms with van der Waals surface area (Å²) in [5.74, 6) is 0. The zero-order valence-electron chi connectivity index (χ0n) is 20.9. The smallest absolute Gasteiger partial charge is 0.0413 e. The lowest BCUT2D eigenvalue weighted by Gasteiger charge is -2.15. The fourth-order valence-corrected chi connectivity index (χ4v) is 2.58. The van der Waals surface area contributed by atoms with Gasteiger partial charge in [0, 0.05) is 33.8 Å². The molecule has 0 radical (unpaired) electrons. The van der Waals surface area contributed by atoms with E-state index in [0.717, 1.165) is 11.4 Å². The van der Waals surface area contributed by atoms with E-state index in [1.54, 1.807) is 0 Å². The van der Waals surface area contributed by atoms with Gasteiger partial charge in [0.15, 0.2) is 0 Å². The van der Waals surface area contributed by atoms with E-state index in [1.165, 1.54) is 0 Å². The molecule has 0 unspecified atom stereocenters. The number of nitrogens with zero attached hydrogens (tertiary/aromatic N) is 4. The normalized spacial score (nSPS) is 37.8. The number of rotatable bonds is 2. The lowest BCUT2D eigenvalue weighted by atomic mass is 9.96. The summed E-state index contributed by atoms with van der Waals surface area (Å²) in [4.78, 5) is 0. The molecule has 0 bridgehead atoms. The van der Waals surface area contributed by atoms with Crippen molar-refractivity contribution in [3.8, 4) is 0 Å². The fraction of sp³-hybridized carbons (Fsp3) is 0.778. The predicted octanol–water partition coefficient (Wildman–Crippen LogP) is 5.08. The minimum atomic E-state index is -1.60. The molecule has 3 aliphatic rings. The summed E-state index contributed by atoms with van der Waals surface area (Å²) < 4.78 is 62.9. The van der Waals surface area contributed by atoms with Gasteiger partial charge in [0.2, 0.25) is 0 Å². The topological polar surface area (TPSA) is 49.4 Å². The van der Waals surface area contributed by atoms with E-state index in [4.69, 9.17) is 11.0 Å². The minimum Gasteiger partial charge on any atom is -0.160 e. The molecule has 4 nitrogen and oxygen atoms in total. The van der Waals surface area contributed by atoms with Crippen molar-refractivity contribution in [1.29, 1.82) is 0 Å². The Balaban J connectivity index is 1.59. The Bertz CT molecular complexity index is 684. The first-order chi connectivity index (χ1) is 13.7. The molecule has 3 rings (SSSR count). The average Bonchev–Trinajstić information content (AvgIpc) is 2.53. The molecule has 4 heteroatoms. The van der Waals surface area contributed by atoms with Crippen molar-refractivity contribution in [2.24, 2.45) is 20.4 Å². The summed E-state index contributed by atoms with van der Waals surface area (Å²) in [6, 6.07) is 0. The van der Waals surface area contributed by atoms with Crippen LogP contribution in [0.2, 0.25) is 0 Å². The van der Waals surface area contributed by atoms with Crippen LogP contribution in [0.4, 0.5) is 0 Å². The Hall–Kier alpha value is -1.32. The van der Waals surface area contributed by atoms with Crippen LogP contribution in [0.1, 0.15) is 101 Å². The molecule has 3 aliphatic carbocycles. The second-order valence-corrected chi connectivity index (χ2v) is 5.73. The van der Waals surface area contributed by atoms with Crippen LogP contribution in [-0.2, 0) is 0 Å². The van der Waals surface area contributed by atoms with E-state index < -0.39 is 25.5 Å². The Morgan fingerprint density at radius 2 is 0.727 bits per heavy atom. The Morgan fingerprint density at radius 1 is 0.455 bits per heavy atom. The molecule has 0 aromatic heterocycles. The summed E-state index contributed by atoms with van der Waals surface area (Å²) in [5.41, 5.74) is 2.64. The molecule has 0 aliphatic heterocycles. The molecule has 0 saturated heterocycles. The molecule has 0 spiro atoms. The molecule has 120 valence electrons. The summed E-state index contributed by atoms with van der Waals surface area (Å²) in [7, 11) is 0. The van der Waals surface area contributed by atoms with Gasteiger partial charge in [-0.2, -0.15) is 20.4 Å². The van der Waals surface area contributed by atoms with Gasteiger partial charge in [-0.25, -0.2) is 0 Å². The third kappa shape index (κ3) is 4.85. The van der Waals surface area contributed by atoms with Gasteiger partial charge in [0.05, 0.1) is 0 Å². The van der Waals surface area contributed by atoms with Crippen LogP contribution in [-0.4, -0.2) is 22.8 Å². The second-order valence-electron chi connectivity index (χ2n) is 5.73. The zero-order valence-corrected chi connectivity index (χ0v) is 12.9. The monoisotopic (exact) mass is 308 g/mol. The number of hydrogen-bond donors (Lipinski definition) is 0. The molecule has 22 heavy (non-hydrogen) atoms. The van der Waals surface area contributed by atoms with Gasteiger partial charge in [-0.1, -0.05) is 12.8 Å². The van der Waals surface area contributed by atoms with Crippen molar-refractivity contribution in [2.45, 2.75) is 89.7 Å². The van der Waals surface area contributed by atoms with Gasteiger partial charge >= 0.3 is 0 Å². The van der Waals surface area contributed by atoms with Gasteiger partial charge in [-0.15, -0.1) is 0 Å². The van der Waals surface area contributed by atoms with Crippen LogP contribution >= 0.6 is 0 Å². The predicted molar refractivity (Wildman–Crippen MR) is 94.4 cm³/mol. The van der Waals surface area contributed by atoms with Crippen LogP contribution in [0, 0.1) is 0 Å². The highest BCUT2D eigenvalue weighted by molar-refractivity contribution is 5.99. The first-order valence-corrected chi connectivity index (χ1v) is 7.95. The standard InChI is InChI=1S/C18H28N4/c1-3-7-15(8-4-1)19-21-17-11-13-18(14-12-17)22-20-16-9-5-2-6-10-16/h1-14H2/i3D2,4D2,5D2,6D2. The molecule has 3 fully saturated rings. The molecule has 0 heterocycles. The van der Waals surface area contributed by atoms with Crippen molar-refractivity contribution in [3.05, 3.63) is 0 Å². The maximum atomic E-state index is 7.86. The molecular formula is C18H28N4. The van der Waals surface area contributed by atoms with E-state index in [1.807, 2.05) is 0 Å². The van der Waals surface area contributed by atoms with E-state index in [0.29, 0.717) is 37.1 Å². The van der Waals surface area contributed by atoms with Gasteiger partial charge in [0.25, 0.3) is 0 Å². The fourth-order valence-electron chi connectivity index (χ4n) is 2.58. The van der Waals surface area contributed by atoms with Crippen molar-refractivity contribution in [3.63, 3.8) is 0 Å². The molecule has 0 atom stereocenters. The lowest BCUT2D eigenvalue weighted by molar-refractivity contribution is 0.663. The lowest BCUT2D eigenvalue weighted by Crippen LogP contribution is -2.14. The van der Waals surface area contributed by atoms with Gasteiger partial charge < -0.3 is 0 Å². The van der Waals surface area contributed by atoms with Crippen molar-refractivity contribution in [1.82, 2.24) is 0 Å². The van der Waals surface area contributed by atoms with Gasteiger partial charge in [-0.3, -0.25) is 0 Å². The van der Waals surface area contributed by atoms with E-state index in [-0.39, 0.29) is 38.5 Å². The highest BCUT2D eigenvalue weighted by Gasteiger charge is 2.14. The van der Waals surface area contributed by atoms with Crippen LogP contribution in [0.5, 0.6) is 0 Å². The van der Waals surface area contributed by atoms with E-state index in [9.17, 15) is 0 Å². The third-order valence-electron chi connectivity index (χ3n) is 3.89. The van der Waals surface area contributed by atoms with Crippen molar-refractivity contribution < 1.29 is 11.0 Å². The summed E-state index contributed by atoms with van der Waals surface area (Å²) in [6.07, 6.45) is -3.66. The van der Waals surface area contributed by atoms with E-state index >= 15 is 0 Å². The van der Waals surface area contributed by atoms with Gasteiger partial charge in [0.1, 0.15) is 0 Å². The van der Waals surface area contributed by atoms with E-state index in [2.05, 4.69) is 20.4 Å². The minimum absolute atomic E-state index is 0.106. The second kappa shape index (κ2) is 8.35. The first-order valence-electron chi connectivity index (χ1n) is 12.0. The van der Waals surface area contributed by atoms with Crippen LogP contribution in [0.3, 0.4) is 0 Å². The molecule has 0 amide bonds. The third-order valence-corrected chi connectivity index (χ3v) is 3.89. The van der Waals surface area contributed by atoms with Crippen molar-refractivity contribution >= 4 is 22.8 Å². The molecule has 3 saturated carbocycles. The Morgan fingerprint density at radius 3 is 1.05 bits per heavy atom. The maximum absolute atomic E-state index is 7.86. The largest absolute Gasteiger partial charge is 0.160 e. The summed E-state index contributed by atoms with van der Waals surface area (Å²) in [6.45, 7) is 0. The summed E-state index contributed by atoms with van der Waals surface area (Å²) >= 11 is 0. The number of hydrogen-bond acceptors (Lipinski definition) is 4. The van der Waals surface area contributed by atoms with Crippen LogP contribution in [0.15, 0.2) is 20.4 Å². The van der Waals surface area contributed by atoms with Gasteiger partial charge in [-0.05, 0) is 76.9 Å². The van der Waals surface area contributed by atoms with Crippen molar-refractivity contribution in [2.75, 3.05) is 0 Å². The van der Waals surface area contributed by atoms with Crippen LogP contribution < -0.4 is 0 Å². The molecular weight excluding hydrogens is 272 g/mol. The Labute approximate surface area is 145 Å². The zero-order chi connectivity index (χ0) is 22.2. The SMILES string of the molecule is [2H]C1([2H])CC(=NN=C2CCC(=NN=C3CC([2H])([2H])CC([2H])([2H])C3)CC2)CC([2H])([2H])C1. The highest BCUT2D eigenvalue weighted by Crippen LogP contribution is 2.18. The van der Waals surface area contributed by atoms with Crippen LogP contribution in [0.25, 0.3) is 0 Å². The molecule has 0 aromatic carbocycles.